The monoisotopic (exact) mass is 400 g/mol. The topological polar surface area (TPSA) is 37.3 Å². The van der Waals surface area contributed by atoms with Crippen molar-refractivity contribution in [2.24, 2.45) is 50.7 Å². The Bertz CT molecular complexity index is 726. The zero-order valence-electron chi connectivity index (χ0n) is 19.8. The Hall–Kier alpha value is -0.370. The molecule has 29 heavy (non-hydrogen) atoms. The summed E-state index contributed by atoms with van der Waals surface area (Å²) in [5, 5.41) is 10.8. The summed E-state index contributed by atoms with van der Waals surface area (Å²) in [6.45, 7) is 14.9. The summed E-state index contributed by atoms with van der Waals surface area (Å²) in [5.41, 5.74) is 1.28. The molecule has 9 unspecified atom stereocenters. The van der Waals surface area contributed by atoms with Crippen molar-refractivity contribution in [3.05, 3.63) is 0 Å². The highest BCUT2D eigenvalue weighted by Gasteiger charge is 2.70. The van der Waals surface area contributed by atoms with Crippen LogP contribution in [0.25, 0.3) is 0 Å². The van der Waals surface area contributed by atoms with Crippen LogP contribution in [0.3, 0.4) is 0 Å². The normalized spacial score (nSPS) is 58.7. The lowest BCUT2D eigenvalue weighted by molar-refractivity contribution is -0.243. The van der Waals surface area contributed by atoms with E-state index in [2.05, 4.69) is 41.5 Å². The highest BCUT2D eigenvalue weighted by atomic mass is 16.3. The third-order valence-electron chi connectivity index (χ3n) is 12.6. The Morgan fingerprint density at radius 2 is 1.48 bits per heavy atom. The van der Waals surface area contributed by atoms with E-state index in [1.165, 1.54) is 44.9 Å². The zero-order valence-corrected chi connectivity index (χ0v) is 19.8. The van der Waals surface area contributed by atoms with Crippen LogP contribution >= 0.6 is 0 Å². The number of carbonyl (C=O) groups excluding carboxylic acids is 1. The van der Waals surface area contributed by atoms with Crippen LogP contribution < -0.4 is 0 Å². The smallest absolute Gasteiger partial charge is 0.136 e. The molecular weight excluding hydrogens is 356 g/mol. The Morgan fingerprint density at radius 1 is 0.759 bits per heavy atom. The van der Waals surface area contributed by atoms with Crippen LogP contribution in [0.5, 0.6) is 0 Å². The summed E-state index contributed by atoms with van der Waals surface area (Å²) in [4.78, 5) is 13.1. The van der Waals surface area contributed by atoms with Gasteiger partial charge >= 0.3 is 0 Å². The van der Waals surface area contributed by atoms with Gasteiger partial charge in [0, 0.05) is 12.3 Å². The average Bonchev–Trinajstić information content (AvgIpc) is 2.95. The minimum Gasteiger partial charge on any atom is -0.393 e. The average molecular weight is 401 g/mol. The molecule has 0 bridgehead atoms. The molecule has 5 aliphatic rings. The second kappa shape index (κ2) is 5.90. The van der Waals surface area contributed by atoms with E-state index in [0.717, 1.165) is 25.2 Å². The van der Waals surface area contributed by atoms with Crippen LogP contribution in [0.1, 0.15) is 106 Å². The number of hydrogen-bond acceptors (Lipinski definition) is 2. The predicted molar refractivity (Wildman–Crippen MR) is 117 cm³/mol. The summed E-state index contributed by atoms with van der Waals surface area (Å²) in [6, 6.07) is 0. The number of fused-ring (bicyclic) bond motifs is 7. The van der Waals surface area contributed by atoms with Crippen molar-refractivity contribution >= 4 is 5.78 Å². The maximum absolute atomic E-state index is 13.1. The minimum absolute atomic E-state index is 0.0264. The molecule has 9 atom stereocenters. The van der Waals surface area contributed by atoms with Gasteiger partial charge in [-0.15, -0.1) is 0 Å². The summed E-state index contributed by atoms with van der Waals surface area (Å²) >= 11 is 0. The number of aliphatic hydroxyl groups is 1. The van der Waals surface area contributed by atoms with Crippen LogP contribution in [0.2, 0.25) is 0 Å². The lowest BCUT2D eigenvalue weighted by atomic mass is 9.32. The van der Waals surface area contributed by atoms with Crippen LogP contribution in [0.15, 0.2) is 0 Å². The van der Waals surface area contributed by atoms with Crippen molar-refractivity contribution in [2.45, 2.75) is 112 Å². The Morgan fingerprint density at radius 3 is 2.21 bits per heavy atom. The summed E-state index contributed by atoms with van der Waals surface area (Å²) in [7, 11) is 0. The molecule has 0 heterocycles. The molecule has 5 saturated carbocycles. The SMILES string of the molecule is CC12CCC(=O)C1C1CCC3C4(C)CCC(O)C(C)(C)C4CCC3(C)C1(C)CC2. The van der Waals surface area contributed by atoms with Crippen LogP contribution in [0, 0.1) is 50.7 Å². The zero-order chi connectivity index (χ0) is 21.0. The first-order valence-corrected chi connectivity index (χ1v) is 12.6. The molecule has 0 radical (unpaired) electrons. The molecule has 2 heteroatoms. The molecule has 164 valence electrons. The summed E-state index contributed by atoms with van der Waals surface area (Å²) < 4.78 is 0. The molecule has 0 saturated heterocycles. The summed E-state index contributed by atoms with van der Waals surface area (Å²) in [5.74, 6) is 2.88. The van der Waals surface area contributed by atoms with Gasteiger partial charge in [0.2, 0.25) is 0 Å². The quantitative estimate of drug-likeness (QED) is 0.511. The molecule has 0 aromatic carbocycles. The van der Waals surface area contributed by atoms with Gasteiger partial charge in [0.25, 0.3) is 0 Å². The number of rotatable bonds is 0. The van der Waals surface area contributed by atoms with E-state index in [0.29, 0.717) is 39.8 Å². The van der Waals surface area contributed by atoms with Gasteiger partial charge in [-0.05, 0) is 103 Å². The molecule has 0 aromatic heterocycles. The fourth-order valence-electron chi connectivity index (χ4n) is 10.6. The third kappa shape index (κ3) is 2.31. The predicted octanol–water partition coefficient (Wildman–Crippen LogP) is 6.40. The fourth-order valence-corrected chi connectivity index (χ4v) is 10.6. The fraction of sp³-hybridized carbons (Fsp3) is 0.963. The van der Waals surface area contributed by atoms with Crippen LogP contribution in [-0.4, -0.2) is 17.0 Å². The van der Waals surface area contributed by atoms with Gasteiger partial charge in [-0.1, -0.05) is 41.5 Å². The Labute approximate surface area is 178 Å². The number of hydrogen-bond donors (Lipinski definition) is 1. The van der Waals surface area contributed by atoms with Crippen LogP contribution in [0.4, 0.5) is 0 Å². The molecule has 2 nitrogen and oxygen atoms in total. The van der Waals surface area contributed by atoms with E-state index in [-0.39, 0.29) is 16.9 Å². The molecule has 0 aliphatic heterocycles. The maximum Gasteiger partial charge on any atom is 0.136 e. The van der Waals surface area contributed by atoms with E-state index >= 15 is 0 Å². The highest BCUT2D eigenvalue weighted by molar-refractivity contribution is 5.84. The van der Waals surface area contributed by atoms with Crippen LogP contribution in [-0.2, 0) is 4.79 Å². The van der Waals surface area contributed by atoms with Crippen molar-refractivity contribution in [3.63, 3.8) is 0 Å². The van der Waals surface area contributed by atoms with E-state index in [9.17, 15) is 9.90 Å². The largest absolute Gasteiger partial charge is 0.393 e. The standard InChI is InChI=1S/C27H44O2/c1-23(2)19-10-14-27(6)20(25(19,4)13-11-21(23)29)8-7-17-22-18(28)9-12-24(22,3)15-16-26(17,27)5/h17,19-22,29H,7-16H2,1-6H3. The van der Waals surface area contributed by atoms with Crippen molar-refractivity contribution in [1.29, 1.82) is 0 Å². The number of ketones is 1. The van der Waals surface area contributed by atoms with Gasteiger partial charge in [0.15, 0.2) is 0 Å². The number of aliphatic hydroxyl groups excluding tert-OH is 1. The lowest BCUT2D eigenvalue weighted by Crippen LogP contribution is -2.66. The van der Waals surface area contributed by atoms with Gasteiger partial charge in [-0.2, -0.15) is 0 Å². The van der Waals surface area contributed by atoms with Gasteiger partial charge in [-0.3, -0.25) is 4.79 Å². The van der Waals surface area contributed by atoms with E-state index < -0.39 is 0 Å². The van der Waals surface area contributed by atoms with Gasteiger partial charge in [0.05, 0.1) is 6.10 Å². The molecule has 0 aromatic rings. The van der Waals surface area contributed by atoms with Gasteiger partial charge in [-0.25, -0.2) is 0 Å². The molecule has 1 N–H and O–H groups in total. The molecule has 5 rings (SSSR count). The molecular formula is C27H44O2. The van der Waals surface area contributed by atoms with Crippen molar-refractivity contribution in [2.75, 3.05) is 0 Å². The second-order valence-corrected chi connectivity index (χ2v) is 13.6. The van der Waals surface area contributed by atoms with Gasteiger partial charge < -0.3 is 5.11 Å². The van der Waals surface area contributed by atoms with Crippen molar-refractivity contribution in [1.82, 2.24) is 0 Å². The second-order valence-electron chi connectivity index (χ2n) is 13.6. The van der Waals surface area contributed by atoms with E-state index in [1.807, 2.05) is 0 Å². The first-order valence-electron chi connectivity index (χ1n) is 12.6. The summed E-state index contributed by atoms with van der Waals surface area (Å²) in [6.07, 6.45) is 11.6. The lowest BCUT2D eigenvalue weighted by Gasteiger charge is -2.72. The number of carbonyl (C=O) groups is 1. The number of Topliss-reactive ketones (excluding diaryl/α,β-unsaturated/α-hetero) is 1. The van der Waals surface area contributed by atoms with E-state index in [4.69, 9.17) is 0 Å². The molecule has 5 aliphatic carbocycles. The Balaban J connectivity index is 1.55. The Kier molecular flexibility index (Phi) is 4.18. The van der Waals surface area contributed by atoms with Gasteiger partial charge in [0.1, 0.15) is 5.78 Å². The minimum atomic E-state index is -0.150. The third-order valence-corrected chi connectivity index (χ3v) is 12.6. The first-order chi connectivity index (χ1) is 13.4. The molecule has 0 spiro atoms. The highest BCUT2D eigenvalue weighted by Crippen LogP contribution is 2.76. The van der Waals surface area contributed by atoms with Crippen molar-refractivity contribution < 1.29 is 9.90 Å². The molecule has 5 fully saturated rings. The maximum atomic E-state index is 13.1. The van der Waals surface area contributed by atoms with Crippen molar-refractivity contribution in [3.8, 4) is 0 Å². The molecule has 0 amide bonds. The first kappa shape index (κ1) is 20.5. The van der Waals surface area contributed by atoms with E-state index in [1.54, 1.807) is 0 Å².